The first-order valence-electron chi connectivity index (χ1n) is 8.71. The van der Waals surface area contributed by atoms with Crippen molar-refractivity contribution in [2.45, 2.75) is 70.0 Å². The SMILES string of the molecule is CC1CCC(C)N(C2CC(c3ccccc3)CCC2N)C1. The van der Waals surface area contributed by atoms with E-state index in [1.807, 2.05) is 0 Å². The summed E-state index contributed by atoms with van der Waals surface area (Å²) in [6.07, 6.45) is 6.37. The third-order valence-corrected chi connectivity index (χ3v) is 5.73. The van der Waals surface area contributed by atoms with Crippen molar-refractivity contribution in [1.29, 1.82) is 0 Å². The van der Waals surface area contributed by atoms with Crippen LogP contribution in [0.25, 0.3) is 0 Å². The molecule has 116 valence electrons. The van der Waals surface area contributed by atoms with Crippen LogP contribution in [0.15, 0.2) is 30.3 Å². The van der Waals surface area contributed by atoms with E-state index in [0.29, 0.717) is 24.0 Å². The summed E-state index contributed by atoms with van der Waals surface area (Å²) in [5, 5.41) is 0. The summed E-state index contributed by atoms with van der Waals surface area (Å²) in [5.41, 5.74) is 8.02. The first kappa shape index (κ1) is 15.1. The number of benzene rings is 1. The van der Waals surface area contributed by atoms with Gasteiger partial charge in [0, 0.05) is 24.7 Å². The first-order chi connectivity index (χ1) is 10.1. The average molecular weight is 286 g/mol. The summed E-state index contributed by atoms with van der Waals surface area (Å²) in [4.78, 5) is 2.73. The molecule has 0 radical (unpaired) electrons. The van der Waals surface area contributed by atoms with Crippen molar-refractivity contribution in [2.24, 2.45) is 11.7 Å². The molecule has 2 heteroatoms. The Kier molecular flexibility index (Phi) is 4.66. The van der Waals surface area contributed by atoms with Crippen molar-refractivity contribution in [1.82, 2.24) is 4.90 Å². The Morgan fingerprint density at radius 3 is 2.52 bits per heavy atom. The molecule has 2 fully saturated rings. The zero-order valence-electron chi connectivity index (χ0n) is 13.5. The van der Waals surface area contributed by atoms with Gasteiger partial charge in [0.25, 0.3) is 0 Å². The summed E-state index contributed by atoms with van der Waals surface area (Å²) >= 11 is 0. The van der Waals surface area contributed by atoms with E-state index in [0.717, 1.165) is 5.92 Å². The Bertz CT molecular complexity index is 444. The van der Waals surface area contributed by atoms with Gasteiger partial charge in [-0.1, -0.05) is 37.3 Å². The molecule has 5 atom stereocenters. The van der Waals surface area contributed by atoms with Gasteiger partial charge in [-0.25, -0.2) is 0 Å². The van der Waals surface area contributed by atoms with E-state index in [1.165, 1.54) is 44.2 Å². The summed E-state index contributed by atoms with van der Waals surface area (Å²) in [6, 6.07) is 12.7. The zero-order chi connectivity index (χ0) is 14.8. The molecule has 1 saturated carbocycles. The molecular formula is C19H30N2. The Labute approximate surface area is 129 Å². The minimum absolute atomic E-state index is 0.359. The molecule has 1 aromatic rings. The van der Waals surface area contributed by atoms with Crippen molar-refractivity contribution in [2.75, 3.05) is 6.54 Å². The molecule has 1 aliphatic heterocycles. The van der Waals surface area contributed by atoms with Crippen molar-refractivity contribution in [3.63, 3.8) is 0 Å². The topological polar surface area (TPSA) is 29.3 Å². The van der Waals surface area contributed by atoms with E-state index in [9.17, 15) is 0 Å². The molecule has 21 heavy (non-hydrogen) atoms. The molecule has 0 amide bonds. The maximum atomic E-state index is 6.52. The molecule has 1 aromatic carbocycles. The molecule has 1 aliphatic carbocycles. The van der Waals surface area contributed by atoms with Gasteiger partial charge in [-0.2, -0.15) is 0 Å². The Hall–Kier alpha value is -0.860. The molecule has 2 aliphatic rings. The van der Waals surface area contributed by atoms with Crippen LogP contribution in [-0.2, 0) is 0 Å². The van der Waals surface area contributed by atoms with Gasteiger partial charge in [0.2, 0.25) is 0 Å². The maximum Gasteiger partial charge on any atom is 0.0255 e. The molecule has 1 saturated heterocycles. The van der Waals surface area contributed by atoms with Crippen LogP contribution in [0.1, 0.15) is 57.4 Å². The lowest BCUT2D eigenvalue weighted by Gasteiger charge is -2.47. The van der Waals surface area contributed by atoms with Gasteiger partial charge in [0.1, 0.15) is 0 Å². The highest BCUT2D eigenvalue weighted by Gasteiger charge is 2.36. The molecule has 2 nitrogen and oxygen atoms in total. The lowest BCUT2D eigenvalue weighted by atomic mass is 9.77. The predicted molar refractivity (Wildman–Crippen MR) is 89.4 cm³/mol. The molecule has 0 spiro atoms. The number of rotatable bonds is 2. The number of nitrogens with two attached hydrogens (primary N) is 1. The van der Waals surface area contributed by atoms with Gasteiger partial charge in [-0.15, -0.1) is 0 Å². The molecule has 0 aromatic heterocycles. The Balaban J connectivity index is 1.74. The Morgan fingerprint density at radius 2 is 1.76 bits per heavy atom. The van der Waals surface area contributed by atoms with Crippen molar-refractivity contribution in [3.05, 3.63) is 35.9 Å². The highest BCUT2D eigenvalue weighted by Crippen LogP contribution is 2.37. The average Bonchev–Trinajstić information content (AvgIpc) is 2.51. The van der Waals surface area contributed by atoms with Gasteiger partial charge < -0.3 is 5.73 Å². The second-order valence-electron chi connectivity index (χ2n) is 7.38. The van der Waals surface area contributed by atoms with E-state index < -0.39 is 0 Å². The second-order valence-corrected chi connectivity index (χ2v) is 7.38. The zero-order valence-corrected chi connectivity index (χ0v) is 13.5. The van der Waals surface area contributed by atoms with E-state index in [-0.39, 0.29) is 0 Å². The van der Waals surface area contributed by atoms with Crippen LogP contribution in [0.3, 0.4) is 0 Å². The van der Waals surface area contributed by atoms with Crippen molar-refractivity contribution >= 4 is 0 Å². The number of likely N-dealkylation sites (tertiary alicyclic amines) is 1. The minimum atomic E-state index is 0.359. The fourth-order valence-electron chi connectivity index (χ4n) is 4.36. The van der Waals surface area contributed by atoms with Crippen LogP contribution in [0.5, 0.6) is 0 Å². The monoisotopic (exact) mass is 286 g/mol. The van der Waals surface area contributed by atoms with E-state index >= 15 is 0 Å². The smallest absolute Gasteiger partial charge is 0.0255 e. The van der Waals surface area contributed by atoms with Crippen LogP contribution in [0, 0.1) is 5.92 Å². The summed E-state index contributed by atoms with van der Waals surface area (Å²) in [5.74, 6) is 1.52. The maximum absolute atomic E-state index is 6.52. The molecule has 0 bridgehead atoms. The van der Waals surface area contributed by atoms with E-state index in [1.54, 1.807) is 0 Å². The predicted octanol–water partition coefficient (Wildman–Crippen LogP) is 3.77. The highest BCUT2D eigenvalue weighted by atomic mass is 15.2. The van der Waals surface area contributed by atoms with Gasteiger partial charge in [0.05, 0.1) is 0 Å². The van der Waals surface area contributed by atoms with Crippen LogP contribution in [-0.4, -0.2) is 29.6 Å². The largest absolute Gasteiger partial charge is 0.326 e. The molecule has 3 rings (SSSR count). The van der Waals surface area contributed by atoms with Crippen molar-refractivity contribution < 1.29 is 0 Å². The summed E-state index contributed by atoms with van der Waals surface area (Å²) in [7, 11) is 0. The summed E-state index contributed by atoms with van der Waals surface area (Å²) in [6.45, 7) is 6.02. The van der Waals surface area contributed by atoms with Gasteiger partial charge in [0.15, 0.2) is 0 Å². The van der Waals surface area contributed by atoms with Crippen LogP contribution >= 0.6 is 0 Å². The summed E-state index contributed by atoms with van der Waals surface area (Å²) < 4.78 is 0. The number of hydrogen-bond acceptors (Lipinski definition) is 2. The quantitative estimate of drug-likeness (QED) is 0.896. The molecule has 1 heterocycles. The lowest BCUT2D eigenvalue weighted by Crippen LogP contribution is -2.56. The standard InChI is InChI=1S/C19H30N2/c1-14-8-9-15(2)21(13-14)19-12-17(10-11-18(19)20)16-6-4-3-5-7-16/h3-7,14-15,17-19H,8-13,20H2,1-2H3. The van der Waals surface area contributed by atoms with Gasteiger partial charge in [-0.3, -0.25) is 4.90 Å². The fraction of sp³-hybridized carbons (Fsp3) is 0.684. The highest BCUT2D eigenvalue weighted by molar-refractivity contribution is 5.21. The lowest BCUT2D eigenvalue weighted by molar-refractivity contribution is 0.0431. The number of piperidine rings is 1. The molecular weight excluding hydrogens is 256 g/mol. The minimum Gasteiger partial charge on any atom is -0.326 e. The fourth-order valence-corrected chi connectivity index (χ4v) is 4.36. The second kappa shape index (κ2) is 6.50. The number of nitrogens with zero attached hydrogens (tertiary/aromatic N) is 1. The van der Waals surface area contributed by atoms with E-state index in [2.05, 4.69) is 49.1 Å². The third-order valence-electron chi connectivity index (χ3n) is 5.73. The van der Waals surface area contributed by atoms with Crippen LogP contribution in [0.2, 0.25) is 0 Å². The molecule has 5 unspecified atom stereocenters. The van der Waals surface area contributed by atoms with Gasteiger partial charge in [-0.05, 0) is 56.4 Å². The van der Waals surface area contributed by atoms with Gasteiger partial charge >= 0.3 is 0 Å². The number of hydrogen-bond donors (Lipinski definition) is 1. The normalized spacial score (nSPS) is 38.3. The third kappa shape index (κ3) is 3.32. The van der Waals surface area contributed by atoms with Crippen LogP contribution in [0.4, 0.5) is 0 Å². The molecule has 2 N–H and O–H groups in total. The Morgan fingerprint density at radius 1 is 1.00 bits per heavy atom. The van der Waals surface area contributed by atoms with Crippen LogP contribution < -0.4 is 5.73 Å². The van der Waals surface area contributed by atoms with E-state index in [4.69, 9.17) is 5.73 Å². The van der Waals surface area contributed by atoms with Crippen molar-refractivity contribution in [3.8, 4) is 0 Å². The first-order valence-corrected chi connectivity index (χ1v) is 8.71.